The Labute approximate surface area is 146 Å². The van der Waals surface area contributed by atoms with Gasteiger partial charge in [0.1, 0.15) is 12.0 Å². The minimum Gasteiger partial charge on any atom is -0.290 e. The minimum absolute atomic E-state index is 0.107. The highest BCUT2D eigenvalue weighted by Crippen LogP contribution is 2.25. The molecule has 0 unspecified atom stereocenters. The number of rotatable bonds is 4. The van der Waals surface area contributed by atoms with Gasteiger partial charge < -0.3 is 0 Å². The molecule has 1 aliphatic rings. The Bertz CT molecular complexity index is 924. The molecule has 2 aromatic carbocycles. The second-order valence-corrected chi connectivity index (χ2v) is 6.61. The molecule has 1 aliphatic heterocycles. The smallest absolute Gasteiger partial charge is 0.257 e. The molecule has 0 spiro atoms. The van der Waals surface area contributed by atoms with Gasteiger partial charge in [0, 0.05) is 11.1 Å². The lowest BCUT2D eigenvalue weighted by Gasteiger charge is -2.01. The summed E-state index contributed by atoms with van der Waals surface area (Å²) in [5.41, 5.74) is 3.90. The quantitative estimate of drug-likeness (QED) is 0.527. The molecule has 4 rings (SSSR count). The highest BCUT2D eigenvalue weighted by atomic mass is 19.1. The lowest BCUT2D eigenvalue weighted by Crippen LogP contribution is -2.40. The molecule has 1 aromatic heterocycles. The number of carbonyl (C=O) groups is 1. The summed E-state index contributed by atoms with van der Waals surface area (Å²) in [5, 5.41) is 0. The lowest BCUT2D eigenvalue weighted by atomic mass is 10.1. The Morgan fingerprint density at radius 1 is 1.12 bits per heavy atom. The fraction of sp³-hybridized carbons (Fsp3) is 0.238. The van der Waals surface area contributed by atoms with Crippen LogP contribution in [-0.2, 0) is 19.5 Å². The van der Waals surface area contributed by atoms with Gasteiger partial charge in [0.2, 0.25) is 5.78 Å². The summed E-state index contributed by atoms with van der Waals surface area (Å²) in [6, 6.07) is 14.2. The zero-order valence-corrected chi connectivity index (χ0v) is 14.2. The predicted molar refractivity (Wildman–Crippen MR) is 93.9 cm³/mol. The first-order valence-electron chi connectivity index (χ1n) is 8.59. The van der Waals surface area contributed by atoms with Crippen LogP contribution in [0, 0.1) is 12.7 Å². The van der Waals surface area contributed by atoms with Gasteiger partial charge in [0.15, 0.2) is 12.2 Å². The summed E-state index contributed by atoms with van der Waals surface area (Å²) < 4.78 is 17.5. The number of hydrogen-bond donors (Lipinski definition) is 0. The molecule has 2 heterocycles. The normalized spacial score (nSPS) is 13.0. The number of carbonyl (C=O) groups excluding carboxylic acids is 1. The third kappa shape index (κ3) is 3.00. The molecule has 0 bridgehead atoms. The van der Waals surface area contributed by atoms with Crippen LogP contribution in [0.25, 0.3) is 11.3 Å². The summed E-state index contributed by atoms with van der Waals surface area (Å²) in [4.78, 5) is 12.6. The van der Waals surface area contributed by atoms with Crippen LogP contribution in [0.15, 0.2) is 54.7 Å². The van der Waals surface area contributed by atoms with Gasteiger partial charge in [-0.15, -0.1) is 0 Å². The van der Waals surface area contributed by atoms with Crippen LogP contribution in [0.3, 0.4) is 0 Å². The number of nitrogens with zero attached hydrogens (tertiary/aromatic N) is 2. The summed E-state index contributed by atoms with van der Waals surface area (Å²) in [5.74, 6) is 1.04. The molecular formula is C21H20FN2O+. The van der Waals surface area contributed by atoms with Gasteiger partial charge in [-0.2, -0.15) is 0 Å². The fourth-order valence-corrected chi connectivity index (χ4v) is 3.48. The molecule has 0 saturated carbocycles. The average Bonchev–Trinajstić information content (AvgIpc) is 3.20. The van der Waals surface area contributed by atoms with Crippen LogP contribution in [0.1, 0.15) is 28.2 Å². The van der Waals surface area contributed by atoms with E-state index in [1.165, 1.54) is 18.0 Å². The van der Waals surface area contributed by atoms with Crippen molar-refractivity contribution in [3.05, 3.63) is 77.5 Å². The van der Waals surface area contributed by atoms with Crippen LogP contribution in [0.4, 0.5) is 4.39 Å². The number of imidazole rings is 1. The molecular weight excluding hydrogens is 315 g/mol. The first-order valence-corrected chi connectivity index (χ1v) is 8.59. The molecule has 25 heavy (non-hydrogen) atoms. The van der Waals surface area contributed by atoms with Crippen LogP contribution >= 0.6 is 0 Å². The summed E-state index contributed by atoms with van der Waals surface area (Å²) >= 11 is 0. The maximum absolute atomic E-state index is 13.2. The highest BCUT2D eigenvalue weighted by Gasteiger charge is 2.29. The number of ketones is 1. The van der Waals surface area contributed by atoms with Crippen molar-refractivity contribution in [3.63, 3.8) is 0 Å². The largest absolute Gasteiger partial charge is 0.290 e. The first kappa shape index (κ1) is 15.8. The number of hydrogen-bond acceptors (Lipinski definition) is 1. The summed E-state index contributed by atoms with van der Waals surface area (Å²) in [7, 11) is 0. The molecule has 0 saturated heterocycles. The topological polar surface area (TPSA) is 25.9 Å². The van der Waals surface area contributed by atoms with E-state index >= 15 is 0 Å². The predicted octanol–water partition coefficient (Wildman–Crippen LogP) is 3.72. The van der Waals surface area contributed by atoms with Gasteiger partial charge in [-0.1, -0.05) is 29.8 Å². The Balaban J connectivity index is 1.66. The van der Waals surface area contributed by atoms with Crippen molar-refractivity contribution in [2.75, 3.05) is 0 Å². The molecule has 126 valence electrons. The number of halogens is 1. The third-order valence-corrected chi connectivity index (χ3v) is 4.82. The maximum atomic E-state index is 13.2. The lowest BCUT2D eigenvalue weighted by molar-refractivity contribution is -0.689. The standard InChI is InChI=1S/C21H20FN2O/c1-15-4-6-17(7-5-15)20(25)14-23-13-19(24-12-2-3-21(23)24)16-8-10-18(22)11-9-16/h4-11,13H,2-3,12,14H2,1H3/q+1. The molecule has 3 aromatic rings. The number of aromatic nitrogens is 2. The van der Waals surface area contributed by atoms with Gasteiger partial charge in [0.25, 0.3) is 5.82 Å². The molecule has 0 radical (unpaired) electrons. The van der Waals surface area contributed by atoms with Crippen LogP contribution in [0.2, 0.25) is 0 Å². The first-order chi connectivity index (χ1) is 12.1. The fourth-order valence-electron chi connectivity index (χ4n) is 3.48. The summed E-state index contributed by atoms with van der Waals surface area (Å²) in [6.07, 6.45) is 4.05. The van der Waals surface area contributed by atoms with Gasteiger partial charge in [-0.3, -0.25) is 4.79 Å². The van der Waals surface area contributed by atoms with Crippen molar-refractivity contribution < 1.29 is 13.8 Å². The third-order valence-electron chi connectivity index (χ3n) is 4.82. The Hall–Kier alpha value is -2.75. The van der Waals surface area contributed by atoms with E-state index in [9.17, 15) is 9.18 Å². The van der Waals surface area contributed by atoms with Gasteiger partial charge >= 0.3 is 0 Å². The number of fused-ring (bicyclic) bond motifs is 1. The van der Waals surface area contributed by atoms with E-state index in [0.717, 1.165) is 41.8 Å². The zero-order chi connectivity index (χ0) is 17.4. The minimum atomic E-state index is -0.237. The van der Waals surface area contributed by atoms with E-state index in [-0.39, 0.29) is 11.6 Å². The number of aryl methyl sites for hydroxylation is 1. The average molecular weight is 335 g/mol. The van der Waals surface area contributed by atoms with Crippen LogP contribution in [0.5, 0.6) is 0 Å². The molecule has 0 fully saturated rings. The number of Topliss-reactive ketones (excluding diaryl/α,β-unsaturated/α-hetero) is 1. The van der Waals surface area contributed by atoms with Crippen LogP contribution < -0.4 is 4.57 Å². The second kappa shape index (κ2) is 6.28. The van der Waals surface area contributed by atoms with Crippen molar-refractivity contribution >= 4 is 5.78 Å². The van der Waals surface area contributed by atoms with Crippen LogP contribution in [-0.4, -0.2) is 10.4 Å². The SMILES string of the molecule is Cc1ccc(C(=O)C[n+]2cc(-c3ccc(F)cc3)n3c2CCC3)cc1. The molecule has 3 nitrogen and oxygen atoms in total. The van der Waals surface area contributed by atoms with Crippen molar-refractivity contribution in [1.82, 2.24) is 4.57 Å². The van der Waals surface area contributed by atoms with Crippen molar-refractivity contribution in [1.29, 1.82) is 0 Å². The molecule has 0 N–H and O–H groups in total. The molecule has 0 amide bonds. The Morgan fingerprint density at radius 2 is 1.84 bits per heavy atom. The maximum Gasteiger partial charge on any atom is 0.257 e. The van der Waals surface area contributed by atoms with Gasteiger partial charge in [-0.25, -0.2) is 13.5 Å². The summed E-state index contributed by atoms with van der Waals surface area (Å²) in [6.45, 7) is 3.28. The van der Waals surface area contributed by atoms with Crippen molar-refractivity contribution in [2.45, 2.75) is 32.9 Å². The second-order valence-electron chi connectivity index (χ2n) is 6.61. The Morgan fingerprint density at radius 3 is 2.56 bits per heavy atom. The van der Waals surface area contributed by atoms with E-state index in [4.69, 9.17) is 0 Å². The zero-order valence-electron chi connectivity index (χ0n) is 14.2. The molecule has 0 atom stereocenters. The van der Waals surface area contributed by atoms with Gasteiger partial charge in [0.05, 0.1) is 13.0 Å². The van der Waals surface area contributed by atoms with Gasteiger partial charge in [-0.05, 0) is 37.6 Å². The van der Waals surface area contributed by atoms with E-state index in [2.05, 4.69) is 4.57 Å². The number of benzene rings is 2. The highest BCUT2D eigenvalue weighted by molar-refractivity contribution is 5.95. The molecule has 0 aliphatic carbocycles. The van der Waals surface area contributed by atoms with E-state index in [1.807, 2.05) is 42.0 Å². The molecule has 4 heteroatoms. The van der Waals surface area contributed by atoms with Crippen molar-refractivity contribution in [2.24, 2.45) is 0 Å². The Kier molecular flexibility index (Phi) is 3.96. The van der Waals surface area contributed by atoms with Crippen molar-refractivity contribution in [3.8, 4) is 11.3 Å². The van der Waals surface area contributed by atoms with E-state index in [1.54, 1.807) is 12.1 Å². The monoisotopic (exact) mass is 335 g/mol. The van der Waals surface area contributed by atoms with E-state index in [0.29, 0.717) is 6.54 Å². The van der Waals surface area contributed by atoms with E-state index < -0.39 is 0 Å².